The van der Waals surface area contributed by atoms with Crippen molar-refractivity contribution in [3.05, 3.63) is 70.3 Å². The molecule has 2 aliphatic heterocycles. The first kappa shape index (κ1) is 24.4. The Kier molecular flexibility index (Phi) is 7.05. The van der Waals surface area contributed by atoms with E-state index in [4.69, 9.17) is 0 Å². The van der Waals surface area contributed by atoms with Gasteiger partial charge in [-0.25, -0.2) is 0 Å². The zero-order valence-electron chi connectivity index (χ0n) is 21.5. The molecule has 0 aromatic heterocycles. The largest absolute Gasteiger partial charge is 0.392 e. The van der Waals surface area contributed by atoms with E-state index in [2.05, 4.69) is 94.6 Å². The first-order valence-corrected chi connectivity index (χ1v) is 12.9. The fraction of sp³-hybridized carbons (Fsp3) is 0.600. The first-order chi connectivity index (χ1) is 15.5. The highest BCUT2D eigenvalue weighted by atomic mass is 16.3. The molecule has 0 aliphatic carbocycles. The molecule has 2 aromatic rings. The van der Waals surface area contributed by atoms with Crippen LogP contribution < -0.4 is 10.6 Å². The minimum atomic E-state index is -0.252. The molecule has 0 amide bonds. The van der Waals surface area contributed by atoms with Gasteiger partial charge in [0, 0.05) is 19.1 Å². The van der Waals surface area contributed by atoms with Crippen LogP contribution in [0.25, 0.3) is 0 Å². The Labute approximate surface area is 201 Å². The molecule has 2 aliphatic rings. The lowest BCUT2D eigenvalue weighted by Gasteiger charge is -2.36. The van der Waals surface area contributed by atoms with Crippen molar-refractivity contribution >= 4 is 0 Å². The summed E-state index contributed by atoms with van der Waals surface area (Å²) in [6.07, 6.45) is 2.91. The summed E-state index contributed by atoms with van der Waals surface area (Å²) in [5, 5.41) is 17.6. The number of benzene rings is 2. The van der Waals surface area contributed by atoms with E-state index < -0.39 is 0 Å². The van der Waals surface area contributed by atoms with Crippen LogP contribution in [0.15, 0.2) is 42.5 Å². The van der Waals surface area contributed by atoms with Crippen LogP contribution in [-0.4, -0.2) is 30.8 Å². The number of aliphatic hydroxyl groups is 1. The maximum atomic E-state index is 10.3. The van der Waals surface area contributed by atoms with Gasteiger partial charge in [0.2, 0.25) is 0 Å². The van der Waals surface area contributed by atoms with Crippen molar-refractivity contribution in [3.8, 4) is 0 Å². The number of β-amino-alcohol motifs (C(OH)–C–C–N with tert-alkyl or cyclic N) is 1. The van der Waals surface area contributed by atoms with E-state index in [-0.39, 0.29) is 16.9 Å². The molecule has 4 rings (SSSR count). The van der Waals surface area contributed by atoms with Gasteiger partial charge < -0.3 is 15.7 Å². The minimum Gasteiger partial charge on any atom is -0.392 e. The maximum absolute atomic E-state index is 10.3. The molecule has 3 heteroatoms. The second-order valence-corrected chi connectivity index (χ2v) is 12.4. The van der Waals surface area contributed by atoms with Crippen molar-refractivity contribution in [2.24, 2.45) is 0 Å². The predicted molar refractivity (Wildman–Crippen MR) is 139 cm³/mol. The molecule has 4 atom stereocenters. The van der Waals surface area contributed by atoms with E-state index in [1.54, 1.807) is 0 Å². The summed E-state index contributed by atoms with van der Waals surface area (Å²) in [5.74, 6) is 0.931. The Morgan fingerprint density at radius 3 is 2.18 bits per heavy atom. The number of nitrogens with one attached hydrogen (secondary N) is 2. The average molecular weight is 449 g/mol. The Morgan fingerprint density at radius 1 is 0.788 bits per heavy atom. The van der Waals surface area contributed by atoms with Gasteiger partial charge in [0.1, 0.15) is 0 Å². The van der Waals surface area contributed by atoms with E-state index in [1.165, 1.54) is 34.2 Å². The highest BCUT2D eigenvalue weighted by Gasteiger charge is 2.31. The summed E-state index contributed by atoms with van der Waals surface area (Å²) in [5.41, 5.74) is 7.49. The van der Waals surface area contributed by atoms with Crippen LogP contribution in [0, 0.1) is 0 Å². The fourth-order valence-corrected chi connectivity index (χ4v) is 5.95. The number of aliphatic hydroxyl groups excluding tert-OH is 1. The highest BCUT2D eigenvalue weighted by Crippen LogP contribution is 2.41. The fourth-order valence-electron chi connectivity index (χ4n) is 5.95. The topological polar surface area (TPSA) is 44.3 Å². The lowest BCUT2D eigenvalue weighted by atomic mass is 9.74. The van der Waals surface area contributed by atoms with E-state index in [1.807, 2.05) is 0 Å². The van der Waals surface area contributed by atoms with Crippen LogP contribution in [0.4, 0.5) is 0 Å². The summed E-state index contributed by atoms with van der Waals surface area (Å²) < 4.78 is 0. The van der Waals surface area contributed by atoms with E-state index in [0.717, 1.165) is 25.9 Å². The molecule has 2 heterocycles. The zero-order valence-corrected chi connectivity index (χ0v) is 21.5. The minimum absolute atomic E-state index is 0.0958. The quantitative estimate of drug-likeness (QED) is 0.545. The first-order valence-electron chi connectivity index (χ1n) is 12.9. The molecule has 2 fully saturated rings. The SMILES string of the molecule is CC(C)(C)c1ccc(C2CCN[C@H](c3ccccc3C(C)(C)C)C2)cc1C1CNCC(O)C1. The second-order valence-electron chi connectivity index (χ2n) is 12.4. The maximum Gasteiger partial charge on any atom is 0.0670 e. The van der Waals surface area contributed by atoms with Gasteiger partial charge in [-0.05, 0) is 76.3 Å². The molecule has 3 unspecified atom stereocenters. The van der Waals surface area contributed by atoms with E-state index >= 15 is 0 Å². The van der Waals surface area contributed by atoms with Crippen LogP contribution in [-0.2, 0) is 10.8 Å². The van der Waals surface area contributed by atoms with Gasteiger partial charge in [-0.1, -0.05) is 84.0 Å². The standard InChI is InChI=1S/C30H44N2O/c1-29(2,3)26-10-8-7-9-24(26)28-17-21(13-14-32-28)20-11-12-27(30(4,5)6)25(16-20)22-15-23(33)19-31-18-22/h7-12,16,21-23,28,31-33H,13-15,17-19H2,1-6H3/t21?,22?,23?,28-/m0/s1. The van der Waals surface area contributed by atoms with Crippen molar-refractivity contribution < 1.29 is 5.11 Å². The molecule has 0 bridgehead atoms. The van der Waals surface area contributed by atoms with Crippen molar-refractivity contribution in [1.82, 2.24) is 10.6 Å². The Morgan fingerprint density at radius 2 is 1.48 bits per heavy atom. The lowest BCUT2D eigenvalue weighted by Crippen LogP contribution is -2.39. The summed E-state index contributed by atoms with van der Waals surface area (Å²) >= 11 is 0. The van der Waals surface area contributed by atoms with Gasteiger partial charge in [-0.2, -0.15) is 0 Å². The molecule has 0 spiro atoms. The zero-order chi connectivity index (χ0) is 23.8. The molecule has 2 aromatic carbocycles. The van der Waals surface area contributed by atoms with Gasteiger partial charge in [0.25, 0.3) is 0 Å². The molecule has 0 radical (unpaired) electrons. The Hall–Kier alpha value is -1.68. The number of hydrogen-bond donors (Lipinski definition) is 3. The van der Waals surface area contributed by atoms with Crippen LogP contribution in [0.1, 0.15) is 106 Å². The summed E-state index contributed by atoms with van der Waals surface area (Å²) in [4.78, 5) is 0. The van der Waals surface area contributed by atoms with Gasteiger partial charge in [0.15, 0.2) is 0 Å². The normalized spacial score (nSPS) is 26.9. The third-order valence-electron chi connectivity index (χ3n) is 7.67. The average Bonchev–Trinajstić information content (AvgIpc) is 2.77. The molecule has 0 saturated carbocycles. The molecule has 2 saturated heterocycles. The molecule has 180 valence electrons. The third-order valence-corrected chi connectivity index (χ3v) is 7.67. The van der Waals surface area contributed by atoms with Gasteiger partial charge in [-0.15, -0.1) is 0 Å². The van der Waals surface area contributed by atoms with Crippen LogP contribution in [0.5, 0.6) is 0 Å². The summed E-state index contributed by atoms with van der Waals surface area (Å²) in [7, 11) is 0. The second kappa shape index (κ2) is 9.52. The molecule has 33 heavy (non-hydrogen) atoms. The Balaban J connectivity index is 1.65. The van der Waals surface area contributed by atoms with Crippen LogP contribution in [0.2, 0.25) is 0 Å². The van der Waals surface area contributed by atoms with Crippen molar-refractivity contribution in [1.29, 1.82) is 0 Å². The highest BCUT2D eigenvalue weighted by molar-refractivity contribution is 5.42. The van der Waals surface area contributed by atoms with Crippen molar-refractivity contribution in [2.45, 2.75) is 95.6 Å². The molecular weight excluding hydrogens is 404 g/mol. The van der Waals surface area contributed by atoms with Gasteiger partial charge in [-0.3, -0.25) is 0 Å². The number of rotatable bonds is 3. The lowest BCUT2D eigenvalue weighted by molar-refractivity contribution is 0.131. The summed E-state index contributed by atoms with van der Waals surface area (Å²) in [6, 6.07) is 16.6. The van der Waals surface area contributed by atoms with Crippen LogP contribution in [0.3, 0.4) is 0 Å². The smallest absolute Gasteiger partial charge is 0.0670 e. The monoisotopic (exact) mass is 448 g/mol. The summed E-state index contributed by atoms with van der Waals surface area (Å²) in [6.45, 7) is 16.6. The van der Waals surface area contributed by atoms with E-state index in [0.29, 0.717) is 24.4 Å². The van der Waals surface area contributed by atoms with Crippen molar-refractivity contribution in [2.75, 3.05) is 19.6 Å². The number of piperidine rings is 2. The molecule has 3 N–H and O–H groups in total. The third kappa shape index (κ3) is 5.53. The molecule has 3 nitrogen and oxygen atoms in total. The Bertz CT molecular complexity index is 952. The van der Waals surface area contributed by atoms with Gasteiger partial charge >= 0.3 is 0 Å². The number of hydrogen-bond acceptors (Lipinski definition) is 3. The predicted octanol–water partition coefficient (Wildman–Crippen LogP) is 5.93. The van der Waals surface area contributed by atoms with Crippen molar-refractivity contribution in [3.63, 3.8) is 0 Å². The van der Waals surface area contributed by atoms with Crippen LogP contribution >= 0.6 is 0 Å². The molecular formula is C30H44N2O. The van der Waals surface area contributed by atoms with E-state index in [9.17, 15) is 5.11 Å². The van der Waals surface area contributed by atoms with Gasteiger partial charge in [0.05, 0.1) is 6.10 Å².